The molecule has 0 unspecified atom stereocenters. The maximum Gasteiger partial charge on any atom is 0.323 e. The van der Waals surface area contributed by atoms with Crippen molar-refractivity contribution >= 4 is 29.2 Å². The van der Waals surface area contributed by atoms with Crippen LogP contribution in [0.4, 0.5) is 5.69 Å². The van der Waals surface area contributed by atoms with E-state index in [0.717, 1.165) is 0 Å². The highest BCUT2D eigenvalue weighted by atomic mass is 35.5. The van der Waals surface area contributed by atoms with Gasteiger partial charge >= 0.3 is 5.97 Å². The number of carboxylic acids is 1. The van der Waals surface area contributed by atoms with Gasteiger partial charge in [-0.05, 0) is 24.1 Å². The Balaban J connectivity index is 2.74. The van der Waals surface area contributed by atoms with Gasteiger partial charge in [-0.1, -0.05) is 31.5 Å². The summed E-state index contributed by atoms with van der Waals surface area (Å²) in [4.78, 5) is 24.2. The summed E-state index contributed by atoms with van der Waals surface area (Å²) >= 11 is 5.89. The van der Waals surface area contributed by atoms with Crippen LogP contribution >= 0.6 is 11.6 Å². The second-order valence-corrected chi connectivity index (χ2v) is 5.36. The van der Waals surface area contributed by atoms with Crippen molar-refractivity contribution in [3.63, 3.8) is 0 Å². The smallest absolute Gasteiger partial charge is 0.323 e. The second-order valence-electron chi connectivity index (χ2n) is 4.93. The molecule has 110 valence electrons. The van der Waals surface area contributed by atoms with E-state index < -0.39 is 5.97 Å². The first kappa shape index (κ1) is 16.3. The lowest BCUT2D eigenvalue weighted by Crippen LogP contribution is -2.41. The lowest BCUT2D eigenvalue weighted by Gasteiger charge is -2.22. The molecule has 0 heterocycles. The Hall–Kier alpha value is -1.75. The van der Waals surface area contributed by atoms with Crippen molar-refractivity contribution in [2.75, 3.05) is 24.5 Å². The monoisotopic (exact) mass is 298 g/mol. The van der Waals surface area contributed by atoms with Crippen LogP contribution in [-0.2, 0) is 9.59 Å². The van der Waals surface area contributed by atoms with E-state index in [1.165, 1.54) is 4.90 Å². The van der Waals surface area contributed by atoms with Crippen LogP contribution in [0.5, 0.6) is 0 Å². The summed E-state index contributed by atoms with van der Waals surface area (Å²) in [6.45, 7) is 4.28. The van der Waals surface area contributed by atoms with E-state index in [2.05, 4.69) is 5.32 Å². The van der Waals surface area contributed by atoms with E-state index in [4.69, 9.17) is 16.7 Å². The first-order chi connectivity index (χ1) is 9.38. The Morgan fingerprint density at radius 2 is 2.05 bits per heavy atom. The number of rotatable bonds is 7. The van der Waals surface area contributed by atoms with Gasteiger partial charge in [0.1, 0.15) is 6.54 Å². The van der Waals surface area contributed by atoms with Crippen LogP contribution < -0.4 is 10.2 Å². The zero-order valence-electron chi connectivity index (χ0n) is 11.6. The van der Waals surface area contributed by atoms with Gasteiger partial charge in [0.25, 0.3) is 0 Å². The summed E-state index contributed by atoms with van der Waals surface area (Å²) in [5, 5.41) is 12.2. The van der Waals surface area contributed by atoms with Crippen molar-refractivity contribution in [2.24, 2.45) is 5.92 Å². The van der Waals surface area contributed by atoms with Crippen LogP contribution in [0.1, 0.15) is 13.8 Å². The predicted molar refractivity (Wildman–Crippen MR) is 79.1 cm³/mol. The van der Waals surface area contributed by atoms with E-state index in [9.17, 15) is 9.59 Å². The van der Waals surface area contributed by atoms with Gasteiger partial charge in [-0.15, -0.1) is 0 Å². The van der Waals surface area contributed by atoms with Crippen molar-refractivity contribution in [3.8, 4) is 0 Å². The number of carboxylic acid groups (broad SMARTS) is 1. The fraction of sp³-hybridized carbons (Fsp3) is 0.429. The highest BCUT2D eigenvalue weighted by Gasteiger charge is 2.15. The lowest BCUT2D eigenvalue weighted by molar-refractivity contribution is -0.135. The van der Waals surface area contributed by atoms with Crippen LogP contribution in [0.2, 0.25) is 5.02 Å². The largest absolute Gasteiger partial charge is 0.480 e. The Morgan fingerprint density at radius 1 is 1.35 bits per heavy atom. The fourth-order valence-electron chi connectivity index (χ4n) is 1.62. The molecular weight excluding hydrogens is 280 g/mol. The van der Waals surface area contributed by atoms with E-state index in [-0.39, 0.29) is 19.0 Å². The molecule has 5 nitrogen and oxygen atoms in total. The minimum absolute atomic E-state index is 0.0145. The fourth-order valence-corrected chi connectivity index (χ4v) is 1.81. The quantitative estimate of drug-likeness (QED) is 0.808. The van der Waals surface area contributed by atoms with Gasteiger partial charge in [-0.25, -0.2) is 0 Å². The van der Waals surface area contributed by atoms with Crippen molar-refractivity contribution in [2.45, 2.75) is 13.8 Å². The van der Waals surface area contributed by atoms with Gasteiger partial charge in [0, 0.05) is 17.3 Å². The third-order valence-electron chi connectivity index (χ3n) is 2.54. The van der Waals surface area contributed by atoms with Crippen LogP contribution in [0, 0.1) is 5.92 Å². The number of hydrogen-bond donors (Lipinski definition) is 2. The molecule has 0 fully saturated rings. The normalized spacial score (nSPS) is 10.4. The number of amides is 1. The van der Waals surface area contributed by atoms with Gasteiger partial charge < -0.3 is 15.3 Å². The topological polar surface area (TPSA) is 69.6 Å². The number of hydrogen-bond acceptors (Lipinski definition) is 3. The Kier molecular flexibility index (Phi) is 6.31. The predicted octanol–water partition coefficient (Wildman–Crippen LogP) is 2.00. The highest BCUT2D eigenvalue weighted by molar-refractivity contribution is 6.30. The maximum absolute atomic E-state index is 11.8. The number of aliphatic carboxylic acids is 1. The minimum Gasteiger partial charge on any atom is -0.480 e. The number of anilines is 1. The lowest BCUT2D eigenvalue weighted by atomic mass is 10.2. The molecule has 20 heavy (non-hydrogen) atoms. The average Bonchev–Trinajstić information content (AvgIpc) is 2.35. The molecule has 0 bridgehead atoms. The molecule has 1 rings (SSSR count). The Bertz CT molecular complexity index is 477. The molecule has 0 aliphatic heterocycles. The number of halogens is 1. The zero-order valence-corrected chi connectivity index (χ0v) is 12.4. The molecule has 6 heteroatoms. The summed E-state index contributed by atoms with van der Waals surface area (Å²) in [5.41, 5.74) is 0.611. The van der Waals surface area contributed by atoms with E-state index in [0.29, 0.717) is 23.2 Å². The molecule has 0 spiro atoms. The van der Waals surface area contributed by atoms with Crippen LogP contribution in [-0.4, -0.2) is 36.6 Å². The van der Waals surface area contributed by atoms with Crippen molar-refractivity contribution in [3.05, 3.63) is 29.3 Å². The van der Waals surface area contributed by atoms with Gasteiger partial charge in [0.05, 0.1) is 6.54 Å². The second kappa shape index (κ2) is 7.75. The molecule has 1 amide bonds. The third-order valence-corrected chi connectivity index (χ3v) is 2.78. The number of nitrogens with one attached hydrogen (secondary N) is 1. The molecule has 2 N–H and O–H groups in total. The van der Waals surface area contributed by atoms with Gasteiger partial charge in [0.2, 0.25) is 5.91 Å². The number of carbonyl (C=O) groups excluding carboxylic acids is 1. The molecule has 0 aliphatic rings. The number of carbonyl (C=O) groups is 2. The number of nitrogens with zero attached hydrogens (tertiary/aromatic N) is 1. The molecule has 0 saturated carbocycles. The maximum atomic E-state index is 11.8. The number of benzene rings is 1. The molecule has 0 saturated heterocycles. The standard InChI is InChI=1S/C14H19ClN2O3/c1-10(2)7-16-13(18)8-17(9-14(19)20)12-5-3-4-11(15)6-12/h3-6,10H,7-9H2,1-2H3,(H,16,18)(H,19,20). The summed E-state index contributed by atoms with van der Waals surface area (Å²) in [6.07, 6.45) is 0. The first-order valence-corrected chi connectivity index (χ1v) is 6.75. The molecular formula is C14H19ClN2O3. The molecule has 1 aromatic rings. The van der Waals surface area contributed by atoms with Crippen molar-refractivity contribution in [1.29, 1.82) is 0 Å². The minimum atomic E-state index is -0.998. The van der Waals surface area contributed by atoms with E-state index >= 15 is 0 Å². The Morgan fingerprint density at radius 3 is 2.60 bits per heavy atom. The zero-order chi connectivity index (χ0) is 15.1. The van der Waals surface area contributed by atoms with Gasteiger partial charge in [-0.3, -0.25) is 9.59 Å². The van der Waals surface area contributed by atoms with E-state index in [1.54, 1.807) is 24.3 Å². The third kappa shape index (κ3) is 5.93. The van der Waals surface area contributed by atoms with Crippen LogP contribution in [0.15, 0.2) is 24.3 Å². The molecule has 0 aliphatic carbocycles. The van der Waals surface area contributed by atoms with Crippen molar-refractivity contribution < 1.29 is 14.7 Å². The van der Waals surface area contributed by atoms with Crippen LogP contribution in [0.25, 0.3) is 0 Å². The van der Waals surface area contributed by atoms with Gasteiger partial charge in [-0.2, -0.15) is 0 Å². The summed E-state index contributed by atoms with van der Waals surface area (Å²) in [7, 11) is 0. The molecule has 0 atom stereocenters. The molecule has 1 aromatic carbocycles. The summed E-state index contributed by atoms with van der Waals surface area (Å²) in [6, 6.07) is 6.78. The highest BCUT2D eigenvalue weighted by Crippen LogP contribution is 2.19. The van der Waals surface area contributed by atoms with E-state index in [1.807, 2.05) is 13.8 Å². The SMILES string of the molecule is CC(C)CNC(=O)CN(CC(=O)O)c1cccc(Cl)c1. The van der Waals surface area contributed by atoms with Gasteiger partial charge in [0.15, 0.2) is 0 Å². The summed E-state index contributed by atoms with van der Waals surface area (Å²) < 4.78 is 0. The summed E-state index contributed by atoms with van der Waals surface area (Å²) in [5.74, 6) is -0.861. The first-order valence-electron chi connectivity index (χ1n) is 6.37. The molecule has 0 radical (unpaired) electrons. The van der Waals surface area contributed by atoms with Crippen molar-refractivity contribution in [1.82, 2.24) is 5.32 Å². The average molecular weight is 299 g/mol. The molecule has 0 aromatic heterocycles. The Labute approximate surface area is 123 Å². The van der Waals surface area contributed by atoms with Crippen LogP contribution in [0.3, 0.4) is 0 Å².